The maximum Gasteiger partial charge on any atom is 0.0713 e. The number of benzene rings is 12. The number of anilines is 3. The zero-order valence-electron chi connectivity index (χ0n) is 41.6. The van der Waals surface area contributed by atoms with Crippen molar-refractivity contribution in [1.29, 1.82) is 0 Å². The summed E-state index contributed by atoms with van der Waals surface area (Å²) in [4.78, 5) is 2.39. The van der Waals surface area contributed by atoms with Crippen molar-refractivity contribution < 1.29 is 0 Å². The van der Waals surface area contributed by atoms with Gasteiger partial charge in [-0.15, -0.1) is 0 Å². The molecule has 1 aliphatic carbocycles. The third kappa shape index (κ3) is 6.76. The minimum atomic E-state index is -0.477. The average Bonchev–Trinajstić information content (AvgIpc) is 4.15. The molecule has 356 valence electrons. The van der Waals surface area contributed by atoms with E-state index in [9.17, 15) is 0 Å². The molecule has 0 fully saturated rings. The van der Waals surface area contributed by atoms with Gasteiger partial charge in [0.05, 0.1) is 27.5 Å². The van der Waals surface area contributed by atoms with E-state index in [1.807, 2.05) is 0 Å². The lowest BCUT2D eigenvalue weighted by Gasteiger charge is -2.34. The minimum Gasteiger partial charge on any atom is -0.311 e. The van der Waals surface area contributed by atoms with Gasteiger partial charge in [0.1, 0.15) is 0 Å². The maximum absolute atomic E-state index is 2.39. The number of rotatable bonds is 9. The molecule has 2 heterocycles. The van der Waals surface area contributed by atoms with Gasteiger partial charge in [-0.25, -0.2) is 0 Å². The molecule has 1 aliphatic rings. The van der Waals surface area contributed by atoms with Crippen LogP contribution in [0.1, 0.15) is 22.3 Å². The fourth-order valence-corrected chi connectivity index (χ4v) is 12.6. The first-order chi connectivity index (χ1) is 37.7. The summed E-state index contributed by atoms with van der Waals surface area (Å²) in [5.74, 6) is 0. The molecule has 0 spiro atoms. The Bertz CT molecular complexity index is 4120. The lowest BCUT2D eigenvalue weighted by Crippen LogP contribution is -2.28. The number of hydrogen-bond donors (Lipinski definition) is 0. The van der Waals surface area contributed by atoms with Crippen LogP contribution in [-0.2, 0) is 5.41 Å². The van der Waals surface area contributed by atoms with Crippen molar-refractivity contribution in [3.8, 4) is 44.8 Å². The molecule has 3 heteroatoms. The predicted octanol–water partition coefficient (Wildman–Crippen LogP) is 19.0. The molecule has 0 bridgehead atoms. The Morgan fingerprint density at radius 2 is 0.526 bits per heavy atom. The summed E-state index contributed by atoms with van der Waals surface area (Å²) >= 11 is 0. The second-order valence-corrected chi connectivity index (χ2v) is 20.0. The second kappa shape index (κ2) is 17.6. The zero-order chi connectivity index (χ0) is 50.2. The molecule has 0 radical (unpaired) electrons. The van der Waals surface area contributed by atoms with Crippen LogP contribution in [0.25, 0.3) is 88.4 Å². The summed E-state index contributed by atoms with van der Waals surface area (Å²) < 4.78 is 4.75. The molecule has 0 atom stereocenters. The molecule has 14 aromatic rings. The lowest BCUT2D eigenvalue weighted by molar-refractivity contribution is 0.768. The van der Waals surface area contributed by atoms with Crippen molar-refractivity contribution >= 4 is 60.7 Å². The van der Waals surface area contributed by atoms with Gasteiger partial charge in [-0.05, 0) is 141 Å². The largest absolute Gasteiger partial charge is 0.311 e. The molecule has 12 aromatic carbocycles. The van der Waals surface area contributed by atoms with Gasteiger partial charge in [-0.1, -0.05) is 212 Å². The first kappa shape index (κ1) is 43.6. The summed E-state index contributed by atoms with van der Waals surface area (Å²) in [5.41, 5.74) is 22.3. The molecule has 0 aliphatic heterocycles. The average molecular weight is 968 g/mol. The molecule has 0 unspecified atom stereocenters. The van der Waals surface area contributed by atoms with E-state index < -0.39 is 5.41 Å². The minimum absolute atomic E-state index is 0.477. The Labute approximate surface area is 442 Å². The summed E-state index contributed by atoms with van der Waals surface area (Å²) in [5, 5.41) is 5.06. The van der Waals surface area contributed by atoms with Crippen LogP contribution in [0.15, 0.2) is 297 Å². The zero-order valence-corrected chi connectivity index (χ0v) is 41.6. The van der Waals surface area contributed by atoms with Gasteiger partial charge in [0, 0.05) is 50.0 Å². The molecule has 0 saturated heterocycles. The lowest BCUT2D eigenvalue weighted by atomic mass is 9.68. The maximum atomic E-state index is 2.39. The first-order valence-electron chi connectivity index (χ1n) is 26.2. The van der Waals surface area contributed by atoms with E-state index in [4.69, 9.17) is 0 Å². The molecular weight excluding hydrogens is 919 g/mol. The van der Waals surface area contributed by atoms with Gasteiger partial charge in [-0.2, -0.15) is 0 Å². The highest BCUT2D eigenvalue weighted by Crippen LogP contribution is 2.56. The van der Waals surface area contributed by atoms with Crippen molar-refractivity contribution in [2.45, 2.75) is 5.41 Å². The standard InChI is InChI=1S/C73H49N3/c1-2-16-54(17-3-1)73(67-24-10-4-18-61(67)62-19-5-11-25-68(62)73)55-38-48-58(49-39-55)74(56-40-30-50(31-41-56)52-34-44-59(45-35-52)75-69-26-12-6-20-63(69)64-21-7-13-27-70(64)75)57-42-32-51(33-43-57)53-36-46-60(47-37-53)76-71-28-14-8-22-65(71)66-23-9-15-29-72(66)76/h1-49H. The Hall–Kier alpha value is -9.96. The molecule has 0 saturated carbocycles. The Balaban J connectivity index is 0.806. The van der Waals surface area contributed by atoms with Gasteiger partial charge in [0.15, 0.2) is 0 Å². The van der Waals surface area contributed by atoms with Crippen LogP contribution >= 0.6 is 0 Å². The molecule has 0 amide bonds. The van der Waals surface area contributed by atoms with Crippen LogP contribution in [0, 0.1) is 0 Å². The van der Waals surface area contributed by atoms with Crippen molar-refractivity contribution in [3.63, 3.8) is 0 Å². The van der Waals surface area contributed by atoms with Crippen molar-refractivity contribution in [3.05, 3.63) is 320 Å². The normalized spacial score (nSPS) is 12.6. The smallest absolute Gasteiger partial charge is 0.0713 e. The van der Waals surface area contributed by atoms with Crippen molar-refractivity contribution in [2.75, 3.05) is 4.90 Å². The highest BCUT2D eigenvalue weighted by molar-refractivity contribution is 6.10. The summed E-state index contributed by atoms with van der Waals surface area (Å²) in [6.07, 6.45) is 0. The highest BCUT2D eigenvalue weighted by atomic mass is 15.1. The first-order valence-corrected chi connectivity index (χ1v) is 26.2. The number of nitrogens with zero attached hydrogens (tertiary/aromatic N) is 3. The van der Waals surface area contributed by atoms with Crippen molar-refractivity contribution in [2.24, 2.45) is 0 Å². The van der Waals surface area contributed by atoms with Crippen LogP contribution in [0.5, 0.6) is 0 Å². The Morgan fingerprint density at radius 1 is 0.237 bits per heavy atom. The van der Waals surface area contributed by atoms with E-state index in [0.29, 0.717) is 0 Å². The van der Waals surface area contributed by atoms with Crippen LogP contribution in [0.4, 0.5) is 17.1 Å². The Morgan fingerprint density at radius 3 is 0.908 bits per heavy atom. The monoisotopic (exact) mass is 967 g/mol. The van der Waals surface area contributed by atoms with E-state index in [2.05, 4.69) is 311 Å². The van der Waals surface area contributed by atoms with E-state index in [1.165, 1.54) is 88.1 Å². The van der Waals surface area contributed by atoms with Crippen LogP contribution in [0.3, 0.4) is 0 Å². The summed E-state index contributed by atoms with van der Waals surface area (Å²) in [6.45, 7) is 0. The van der Waals surface area contributed by atoms with E-state index in [0.717, 1.165) is 39.6 Å². The van der Waals surface area contributed by atoms with Gasteiger partial charge in [0.25, 0.3) is 0 Å². The summed E-state index contributed by atoms with van der Waals surface area (Å²) in [6, 6.07) is 109. The quantitative estimate of drug-likeness (QED) is 0.140. The molecule has 3 nitrogen and oxygen atoms in total. The number of fused-ring (bicyclic) bond motifs is 9. The highest BCUT2D eigenvalue weighted by Gasteiger charge is 2.45. The molecule has 76 heavy (non-hydrogen) atoms. The number of aromatic nitrogens is 2. The van der Waals surface area contributed by atoms with Gasteiger partial charge < -0.3 is 14.0 Å². The summed E-state index contributed by atoms with van der Waals surface area (Å²) in [7, 11) is 0. The van der Waals surface area contributed by atoms with E-state index in [1.54, 1.807) is 0 Å². The van der Waals surface area contributed by atoms with Gasteiger partial charge in [-0.3, -0.25) is 0 Å². The van der Waals surface area contributed by atoms with Crippen LogP contribution < -0.4 is 4.90 Å². The molecule has 15 rings (SSSR count). The van der Waals surface area contributed by atoms with E-state index >= 15 is 0 Å². The molecule has 2 aromatic heterocycles. The Kier molecular flexibility index (Phi) is 10.1. The number of para-hydroxylation sites is 4. The molecular formula is C73H49N3. The predicted molar refractivity (Wildman–Crippen MR) is 318 cm³/mol. The van der Waals surface area contributed by atoms with Gasteiger partial charge >= 0.3 is 0 Å². The fourth-order valence-electron chi connectivity index (χ4n) is 12.6. The van der Waals surface area contributed by atoms with E-state index in [-0.39, 0.29) is 0 Å². The third-order valence-electron chi connectivity index (χ3n) is 16.0. The van der Waals surface area contributed by atoms with Crippen LogP contribution in [-0.4, -0.2) is 9.13 Å². The second-order valence-electron chi connectivity index (χ2n) is 20.0. The SMILES string of the molecule is c1ccc(C2(c3ccc(N(c4ccc(-c5ccc(-n6c7ccccc7c7ccccc76)cc5)cc4)c4ccc(-c5ccc(-n6c7ccccc7c7ccccc76)cc5)cc4)cc3)c3ccccc3-c3ccccc32)cc1. The molecule has 0 N–H and O–H groups in total. The topological polar surface area (TPSA) is 13.1 Å². The van der Waals surface area contributed by atoms with Crippen molar-refractivity contribution in [1.82, 2.24) is 9.13 Å². The fraction of sp³-hybridized carbons (Fsp3) is 0.0137. The van der Waals surface area contributed by atoms with Gasteiger partial charge in [0.2, 0.25) is 0 Å². The third-order valence-corrected chi connectivity index (χ3v) is 16.0. The van der Waals surface area contributed by atoms with Crippen LogP contribution in [0.2, 0.25) is 0 Å². The number of hydrogen-bond acceptors (Lipinski definition) is 1.